The molecule has 1 saturated heterocycles. The van der Waals surface area contributed by atoms with Gasteiger partial charge in [-0.05, 0) is 32.6 Å². The quantitative estimate of drug-likeness (QED) is 0.347. The molecule has 1 heterocycles. The second kappa shape index (κ2) is 8.30. The molecular weight excluding hydrogens is 248 g/mol. The highest BCUT2D eigenvalue weighted by Gasteiger charge is 2.33. The molecular formula is C14H24O5. The number of aliphatic hydroxyl groups excluding tert-OH is 3. The Hall–Kier alpha value is -0.910. The van der Waals surface area contributed by atoms with Gasteiger partial charge in [-0.25, -0.2) is 0 Å². The Bertz CT molecular complexity index is 300. The largest absolute Gasteiger partial charge is 0.459 e. The molecule has 1 unspecified atom stereocenters. The molecule has 19 heavy (non-hydrogen) atoms. The summed E-state index contributed by atoms with van der Waals surface area (Å²) in [6.45, 7) is 1.76. The molecule has 3 N–H and O–H groups in total. The van der Waals surface area contributed by atoms with Crippen LogP contribution in [0.25, 0.3) is 0 Å². The van der Waals surface area contributed by atoms with Gasteiger partial charge in [-0.3, -0.25) is 4.79 Å². The molecule has 4 atom stereocenters. The van der Waals surface area contributed by atoms with E-state index in [-0.39, 0.29) is 12.1 Å². The van der Waals surface area contributed by atoms with E-state index in [4.69, 9.17) is 9.84 Å². The zero-order valence-electron chi connectivity index (χ0n) is 11.4. The minimum Gasteiger partial charge on any atom is -0.459 e. The van der Waals surface area contributed by atoms with Gasteiger partial charge in [0.2, 0.25) is 0 Å². The van der Waals surface area contributed by atoms with Crippen molar-refractivity contribution >= 4 is 5.97 Å². The number of rotatable bonds is 8. The highest BCUT2D eigenvalue weighted by Crippen LogP contribution is 2.19. The predicted octanol–water partition coefficient (Wildman–Crippen LogP) is 0.911. The molecule has 1 aliphatic heterocycles. The maximum atomic E-state index is 10.9. The van der Waals surface area contributed by atoms with Crippen molar-refractivity contribution in [2.45, 2.75) is 69.9 Å². The maximum Gasteiger partial charge on any atom is 0.306 e. The molecule has 1 fully saturated rings. The first-order valence-corrected chi connectivity index (χ1v) is 6.91. The molecule has 0 aliphatic carbocycles. The summed E-state index contributed by atoms with van der Waals surface area (Å²) in [5.41, 5.74) is 0. The van der Waals surface area contributed by atoms with Gasteiger partial charge in [0.05, 0.1) is 6.10 Å². The molecule has 110 valence electrons. The summed E-state index contributed by atoms with van der Waals surface area (Å²) < 4.78 is 4.90. The lowest BCUT2D eigenvalue weighted by Crippen LogP contribution is -2.36. The van der Waals surface area contributed by atoms with Crippen molar-refractivity contribution in [1.29, 1.82) is 0 Å². The average molecular weight is 272 g/mol. The molecule has 0 aromatic carbocycles. The van der Waals surface area contributed by atoms with Gasteiger partial charge < -0.3 is 20.1 Å². The van der Waals surface area contributed by atoms with E-state index in [1.165, 1.54) is 0 Å². The lowest BCUT2D eigenvalue weighted by Gasteiger charge is -2.19. The summed E-state index contributed by atoms with van der Waals surface area (Å²) in [6, 6.07) is 0. The van der Waals surface area contributed by atoms with Crippen LogP contribution < -0.4 is 0 Å². The second-order valence-electron chi connectivity index (χ2n) is 5.11. The molecule has 0 saturated carbocycles. The van der Waals surface area contributed by atoms with Gasteiger partial charge in [-0.15, -0.1) is 0 Å². The summed E-state index contributed by atoms with van der Waals surface area (Å²) in [4.78, 5) is 10.9. The maximum absolute atomic E-state index is 10.9. The number of cyclic esters (lactones) is 1. The summed E-state index contributed by atoms with van der Waals surface area (Å²) in [6.07, 6.45) is 4.62. The van der Waals surface area contributed by atoms with E-state index in [0.29, 0.717) is 12.8 Å². The van der Waals surface area contributed by atoms with Crippen molar-refractivity contribution < 1.29 is 24.9 Å². The van der Waals surface area contributed by atoms with Gasteiger partial charge in [0.25, 0.3) is 0 Å². The van der Waals surface area contributed by atoms with Gasteiger partial charge >= 0.3 is 5.97 Å². The van der Waals surface area contributed by atoms with Crippen LogP contribution in [0.15, 0.2) is 12.2 Å². The van der Waals surface area contributed by atoms with Crippen LogP contribution in [0, 0.1) is 0 Å². The van der Waals surface area contributed by atoms with E-state index in [0.717, 1.165) is 25.7 Å². The zero-order chi connectivity index (χ0) is 14.3. The fourth-order valence-electron chi connectivity index (χ4n) is 2.06. The standard InChI is InChI=1S/C14H24O5/c1-10(15)6-4-2-3-5-7-11(16)14(18)12-8-9-13(17)19-12/h5,7,10-12,14-16,18H,2-4,6,8-9H2,1H3/b7-5-/t10?,11-,12+,14-/m1/s1. The molecule has 0 spiro atoms. The Morgan fingerprint density at radius 3 is 2.68 bits per heavy atom. The number of carbonyl (C=O) groups excluding carboxylic acids is 1. The monoisotopic (exact) mass is 272 g/mol. The normalized spacial score (nSPS) is 24.4. The van der Waals surface area contributed by atoms with Crippen LogP contribution in [-0.2, 0) is 9.53 Å². The molecule has 0 amide bonds. The third-order valence-electron chi connectivity index (χ3n) is 3.22. The number of hydrogen-bond donors (Lipinski definition) is 3. The summed E-state index contributed by atoms with van der Waals surface area (Å²) in [5.74, 6) is -0.321. The first-order chi connectivity index (χ1) is 9.00. The van der Waals surface area contributed by atoms with E-state index in [1.807, 2.05) is 6.08 Å². The third-order valence-corrected chi connectivity index (χ3v) is 3.22. The topological polar surface area (TPSA) is 87.0 Å². The number of aliphatic hydroxyl groups is 3. The number of allylic oxidation sites excluding steroid dienone is 1. The van der Waals surface area contributed by atoms with Crippen LogP contribution in [-0.4, -0.2) is 45.7 Å². The Balaban J connectivity index is 2.18. The SMILES string of the molecule is CC(O)CCCC/C=C\[C@@H](O)[C@@H](O)[C@@H]1CCC(=O)O1. The van der Waals surface area contributed by atoms with Crippen LogP contribution >= 0.6 is 0 Å². The van der Waals surface area contributed by atoms with E-state index in [9.17, 15) is 15.0 Å². The number of carbonyl (C=O) groups is 1. The van der Waals surface area contributed by atoms with E-state index in [2.05, 4.69) is 0 Å². The van der Waals surface area contributed by atoms with Gasteiger partial charge in [0.1, 0.15) is 18.3 Å². The van der Waals surface area contributed by atoms with Crippen molar-refractivity contribution in [2.24, 2.45) is 0 Å². The van der Waals surface area contributed by atoms with Crippen LogP contribution in [0.4, 0.5) is 0 Å². The minimum atomic E-state index is -1.06. The molecule has 5 nitrogen and oxygen atoms in total. The van der Waals surface area contributed by atoms with Crippen LogP contribution in [0.1, 0.15) is 45.4 Å². The highest BCUT2D eigenvalue weighted by molar-refractivity contribution is 5.71. The smallest absolute Gasteiger partial charge is 0.306 e. The van der Waals surface area contributed by atoms with E-state index in [1.54, 1.807) is 13.0 Å². The van der Waals surface area contributed by atoms with Crippen molar-refractivity contribution in [1.82, 2.24) is 0 Å². The van der Waals surface area contributed by atoms with Gasteiger partial charge in [-0.1, -0.05) is 18.6 Å². The lowest BCUT2D eigenvalue weighted by atomic mass is 10.0. The summed E-state index contributed by atoms with van der Waals surface area (Å²) in [7, 11) is 0. The highest BCUT2D eigenvalue weighted by atomic mass is 16.6. The van der Waals surface area contributed by atoms with Crippen molar-refractivity contribution in [2.75, 3.05) is 0 Å². The average Bonchev–Trinajstić information content (AvgIpc) is 2.78. The Morgan fingerprint density at radius 2 is 2.11 bits per heavy atom. The number of esters is 1. The summed E-state index contributed by atoms with van der Waals surface area (Å²) >= 11 is 0. The van der Waals surface area contributed by atoms with Gasteiger partial charge in [0.15, 0.2) is 0 Å². The number of ether oxygens (including phenoxy) is 1. The van der Waals surface area contributed by atoms with E-state index >= 15 is 0 Å². The van der Waals surface area contributed by atoms with Crippen molar-refractivity contribution in [3.05, 3.63) is 12.2 Å². The van der Waals surface area contributed by atoms with Crippen molar-refractivity contribution in [3.63, 3.8) is 0 Å². The van der Waals surface area contributed by atoms with Gasteiger partial charge in [0, 0.05) is 6.42 Å². The number of hydrogen-bond acceptors (Lipinski definition) is 5. The van der Waals surface area contributed by atoms with E-state index < -0.39 is 18.3 Å². The summed E-state index contributed by atoms with van der Waals surface area (Å²) in [5, 5.41) is 28.6. The fourth-order valence-corrected chi connectivity index (χ4v) is 2.06. The molecule has 0 radical (unpaired) electrons. The lowest BCUT2D eigenvalue weighted by molar-refractivity contribution is -0.147. The minimum absolute atomic E-state index is 0.270. The Morgan fingerprint density at radius 1 is 1.37 bits per heavy atom. The Kier molecular flexibility index (Phi) is 7.05. The molecule has 0 aromatic rings. The van der Waals surface area contributed by atoms with Crippen LogP contribution in [0.3, 0.4) is 0 Å². The molecule has 0 aromatic heterocycles. The molecule has 1 aliphatic rings. The second-order valence-corrected chi connectivity index (χ2v) is 5.11. The van der Waals surface area contributed by atoms with Crippen LogP contribution in [0.5, 0.6) is 0 Å². The molecule has 5 heteroatoms. The predicted molar refractivity (Wildman–Crippen MR) is 70.4 cm³/mol. The molecule has 0 bridgehead atoms. The van der Waals surface area contributed by atoms with Gasteiger partial charge in [-0.2, -0.15) is 0 Å². The number of unbranched alkanes of at least 4 members (excludes halogenated alkanes) is 2. The Labute approximate surface area is 113 Å². The first-order valence-electron chi connectivity index (χ1n) is 6.91. The fraction of sp³-hybridized carbons (Fsp3) is 0.786. The first kappa shape index (κ1) is 16.1. The third kappa shape index (κ3) is 6.18. The van der Waals surface area contributed by atoms with Crippen LogP contribution in [0.2, 0.25) is 0 Å². The zero-order valence-corrected chi connectivity index (χ0v) is 11.4. The molecule has 1 rings (SSSR count). The van der Waals surface area contributed by atoms with Crippen molar-refractivity contribution in [3.8, 4) is 0 Å².